The van der Waals surface area contributed by atoms with E-state index in [1.54, 1.807) is 19.1 Å². The van der Waals surface area contributed by atoms with Crippen LogP contribution in [0, 0.1) is 11.7 Å². The second-order valence-electron chi connectivity index (χ2n) is 6.70. The molecule has 2 aromatic rings. The number of hydrogen-bond donors (Lipinski definition) is 1. The van der Waals surface area contributed by atoms with Crippen LogP contribution in [0.15, 0.2) is 36.4 Å². The van der Waals surface area contributed by atoms with Crippen molar-refractivity contribution in [3.63, 3.8) is 0 Å². The molecule has 0 amide bonds. The van der Waals surface area contributed by atoms with Gasteiger partial charge >= 0.3 is 5.97 Å². The molecule has 1 aliphatic rings. The maximum atomic E-state index is 13.8. The average molecular weight is 409 g/mol. The van der Waals surface area contributed by atoms with Gasteiger partial charge in [-0.1, -0.05) is 29.3 Å². The van der Waals surface area contributed by atoms with Crippen molar-refractivity contribution in [2.24, 2.45) is 5.92 Å². The van der Waals surface area contributed by atoms with E-state index in [0.717, 1.165) is 23.6 Å². The number of aliphatic carboxylic acids is 1. The Kier molecular flexibility index (Phi) is 6.08. The lowest BCUT2D eigenvalue weighted by Gasteiger charge is -2.19. The number of benzene rings is 2. The molecule has 0 radical (unpaired) electrons. The Morgan fingerprint density at radius 2 is 2.07 bits per heavy atom. The van der Waals surface area contributed by atoms with E-state index in [1.165, 1.54) is 25.0 Å². The summed E-state index contributed by atoms with van der Waals surface area (Å²) in [7, 11) is 0. The molecule has 1 aliphatic carbocycles. The first-order valence-electron chi connectivity index (χ1n) is 8.69. The van der Waals surface area contributed by atoms with Crippen molar-refractivity contribution in [2.45, 2.75) is 32.3 Å². The van der Waals surface area contributed by atoms with Crippen LogP contribution in [0.25, 0.3) is 6.08 Å². The Morgan fingerprint density at radius 1 is 1.33 bits per heavy atom. The molecule has 6 heteroatoms. The van der Waals surface area contributed by atoms with Gasteiger partial charge in [0.25, 0.3) is 0 Å². The summed E-state index contributed by atoms with van der Waals surface area (Å²) < 4.78 is 19.7. The highest BCUT2D eigenvalue weighted by atomic mass is 35.5. The zero-order valence-electron chi connectivity index (χ0n) is 14.7. The largest absolute Gasteiger partial charge is 0.486 e. The van der Waals surface area contributed by atoms with Crippen LogP contribution in [0.3, 0.4) is 0 Å². The van der Waals surface area contributed by atoms with Crippen molar-refractivity contribution in [2.75, 3.05) is 0 Å². The third-order valence-electron chi connectivity index (χ3n) is 4.52. The maximum absolute atomic E-state index is 13.8. The van der Waals surface area contributed by atoms with Crippen molar-refractivity contribution < 1.29 is 19.0 Å². The second kappa shape index (κ2) is 8.32. The van der Waals surface area contributed by atoms with Gasteiger partial charge < -0.3 is 9.84 Å². The molecule has 1 saturated carbocycles. The number of rotatable bonds is 7. The van der Waals surface area contributed by atoms with Gasteiger partial charge in [-0.25, -0.2) is 9.18 Å². The molecule has 0 bridgehead atoms. The molecule has 142 valence electrons. The van der Waals surface area contributed by atoms with Crippen molar-refractivity contribution in [1.29, 1.82) is 0 Å². The quantitative estimate of drug-likeness (QED) is 0.430. The maximum Gasteiger partial charge on any atom is 0.328 e. The normalized spacial score (nSPS) is 15.1. The predicted octanol–water partition coefficient (Wildman–Crippen LogP) is 6.32. The summed E-state index contributed by atoms with van der Waals surface area (Å²) in [5.41, 5.74) is 2.28. The second-order valence-corrected chi connectivity index (χ2v) is 7.48. The van der Waals surface area contributed by atoms with E-state index in [-0.39, 0.29) is 5.02 Å². The molecule has 3 rings (SSSR count). The minimum Gasteiger partial charge on any atom is -0.486 e. The van der Waals surface area contributed by atoms with Gasteiger partial charge in [0.15, 0.2) is 0 Å². The van der Waals surface area contributed by atoms with Gasteiger partial charge in [-0.2, -0.15) is 0 Å². The lowest BCUT2D eigenvalue weighted by Crippen LogP contribution is -2.06. The zero-order chi connectivity index (χ0) is 19.6. The summed E-state index contributed by atoms with van der Waals surface area (Å²) in [6, 6.07) is 8.16. The fourth-order valence-electron chi connectivity index (χ4n) is 2.97. The fourth-order valence-corrected chi connectivity index (χ4v) is 3.65. The monoisotopic (exact) mass is 408 g/mol. The van der Waals surface area contributed by atoms with E-state index in [9.17, 15) is 9.18 Å². The Bertz CT molecular complexity index is 891. The molecule has 3 nitrogen and oxygen atoms in total. The van der Waals surface area contributed by atoms with E-state index in [4.69, 9.17) is 33.0 Å². The molecule has 1 atom stereocenters. The van der Waals surface area contributed by atoms with Crippen molar-refractivity contribution in [1.82, 2.24) is 0 Å². The molecule has 0 heterocycles. The minimum absolute atomic E-state index is 0.0470. The molecule has 27 heavy (non-hydrogen) atoms. The molecule has 0 spiro atoms. The molecule has 0 aromatic heterocycles. The van der Waals surface area contributed by atoms with Gasteiger partial charge in [-0.3, -0.25) is 0 Å². The molecular formula is C21H19Cl2FO3. The smallest absolute Gasteiger partial charge is 0.328 e. The SMILES string of the molecule is C[C@H](Oc1ccc(/C=C/C(=O)O)c(CC2CC2)c1)c1c(Cl)ccc(F)c1Cl. The fraction of sp³-hybridized carbons (Fsp3) is 0.286. The van der Waals surface area contributed by atoms with Gasteiger partial charge in [0.05, 0.1) is 5.02 Å². The molecule has 0 unspecified atom stereocenters. The van der Waals surface area contributed by atoms with Gasteiger partial charge in [0.2, 0.25) is 0 Å². The first-order chi connectivity index (χ1) is 12.8. The first-order valence-corrected chi connectivity index (χ1v) is 9.44. The lowest BCUT2D eigenvalue weighted by molar-refractivity contribution is -0.131. The van der Waals surface area contributed by atoms with Crippen LogP contribution in [0.4, 0.5) is 4.39 Å². The first kappa shape index (κ1) is 19.7. The topological polar surface area (TPSA) is 46.5 Å². The molecule has 2 aromatic carbocycles. The van der Waals surface area contributed by atoms with E-state index < -0.39 is 17.9 Å². The number of carboxylic acid groups (broad SMARTS) is 1. The van der Waals surface area contributed by atoms with Crippen molar-refractivity contribution in [3.8, 4) is 5.75 Å². The van der Waals surface area contributed by atoms with Gasteiger partial charge in [0, 0.05) is 16.7 Å². The summed E-state index contributed by atoms with van der Waals surface area (Å²) in [5.74, 6) is -0.310. The number of carbonyl (C=O) groups is 1. The minimum atomic E-state index is -0.989. The molecule has 1 fully saturated rings. The Morgan fingerprint density at radius 3 is 2.74 bits per heavy atom. The van der Waals surface area contributed by atoms with Crippen molar-refractivity contribution in [3.05, 3.63) is 69.0 Å². The Hall–Kier alpha value is -2.04. The summed E-state index contributed by atoms with van der Waals surface area (Å²) in [6.45, 7) is 1.76. The molecule has 0 aliphatic heterocycles. The number of hydrogen-bond acceptors (Lipinski definition) is 2. The number of ether oxygens (including phenoxy) is 1. The van der Waals surface area contributed by atoms with Crippen LogP contribution in [-0.2, 0) is 11.2 Å². The van der Waals surface area contributed by atoms with Gasteiger partial charge in [0.1, 0.15) is 17.7 Å². The predicted molar refractivity (Wildman–Crippen MR) is 105 cm³/mol. The highest BCUT2D eigenvalue weighted by Crippen LogP contribution is 2.37. The van der Waals surface area contributed by atoms with E-state index in [0.29, 0.717) is 22.3 Å². The molecular weight excluding hydrogens is 390 g/mol. The number of halogens is 3. The summed E-state index contributed by atoms with van der Waals surface area (Å²) in [6.07, 6.45) is 5.40. The summed E-state index contributed by atoms with van der Waals surface area (Å²) in [5, 5.41) is 9.16. The highest BCUT2D eigenvalue weighted by molar-refractivity contribution is 6.36. The standard InChI is InChI=1S/C21H19Cl2FO3/c1-12(20-17(22)7-8-18(24)21(20)23)27-16-6-4-14(5-9-19(25)26)15(11-16)10-13-2-3-13/h4-9,11-13H,2-3,10H2,1H3,(H,25,26)/b9-5+/t12-/m0/s1. The highest BCUT2D eigenvalue weighted by Gasteiger charge is 2.23. The summed E-state index contributed by atoms with van der Waals surface area (Å²) >= 11 is 12.2. The zero-order valence-corrected chi connectivity index (χ0v) is 16.2. The van der Waals surface area contributed by atoms with E-state index >= 15 is 0 Å². The number of carboxylic acids is 1. The Labute approximate surface area is 167 Å². The van der Waals surface area contributed by atoms with Crippen LogP contribution in [0.1, 0.15) is 42.6 Å². The average Bonchev–Trinajstić information content (AvgIpc) is 3.42. The van der Waals surface area contributed by atoms with Crippen LogP contribution >= 0.6 is 23.2 Å². The lowest BCUT2D eigenvalue weighted by atomic mass is 10.0. The van der Waals surface area contributed by atoms with Gasteiger partial charge in [-0.15, -0.1) is 0 Å². The van der Waals surface area contributed by atoms with Gasteiger partial charge in [-0.05, 0) is 73.6 Å². The molecule has 1 N–H and O–H groups in total. The van der Waals surface area contributed by atoms with Crippen LogP contribution in [-0.4, -0.2) is 11.1 Å². The van der Waals surface area contributed by atoms with Crippen molar-refractivity contribution >= 4 is 35.2 Å². The van der Waals surface area contributed by atoms with Crippen LogP contribution < -0.4 is 4.74 Å². The van der Waals surface area contributed by atoms with Crippen LogP contribution in [0.5, 0.6) is 5.75 Å². The third kappa shape index (κ3) is 5.02. The third-order valence-corrected chi connectivity index (χ3v) is 5.24. The summed E-state index contributed by atoms with van der Waals surface area (Å²) in [4.78, 5) is 10.8. The molecule has 0 saturated heterocycles. The Balaban J connectivity index is 1.86. The van der Waals surface area contributed by atoms with Crippen LogP contribution in [0.2, 0.25) is 10.0 Å². The van der Waals surface area contributed by atoms with E-state index in [1.807, 2.05) is 12.1 Å². The van der Waals surface area contributed by atoms with E-state index in [2.05, 4.69) is 0 Å².